The highest BCUT2D eigenvalue weighted by Crippen LogP contribution is 2.26. The van der Waals surface area contributed by atoms with Crippen molar-refractivity contribution in [3.8, 4) is 11.5 Å². The molecule has 0 aliphatic carbocycles. The molecular formula is C15H17NO2. The molecule has 0 amide bonds. The maximum Gasteiger partial charge on any atom is 0.160 e. The zero-order chi connectivity index (χ0) is 12.8. The van der Waals surface area contributed by atoms with Gasteiger partial charge in [0.05, 0.1) is 6.61 Å². The summed E-state index contributed by atoms with van der Waals surface area (Å²) in [5.41, 5.74) is 6.91. The lowest BCUT2D eigenvalue weighted by molar-refractivity contribution is 0.276. The van der Waals surface area contributed by atoms with Crippen molar-refractivity contribution < 1.29 is 9.84 Å². The first-order valence-corrected chi connectivity index (χ1v) is 5.97. The highest BCUT2D eigenvalue weighted by molar-refractivity contribution is 5.38. The number of hydrogen-bond donors (Lipinski definition) is 2. The van der Waals surface area contributed by atoms with Gasteiger partial charge in [-0.25, -0.2) is 0 Å². The van der Waals surface area contributed by atoms with Crippen LogP contribution >= 0.6 is 0 Å². The predicted octanol–water partition coefficient (Wildman–Crippen LogP) is 2.51. The van der Waals surface area contributed by atoms with Crippen LogP contribution in [0.2, 0.25) is 0 Å². The van der Waals surface area contributed by atoms with E-state index in [0.717, 1.165) is 5.56 Å². The first kappa shape index (κ1) is 12.5. The van der Waals surface area contributed by atoms with Crippen molar-refractivity contribution >= 4 is 0 Å². The summed E-state index contributed by atoms with van der Waals surface area (Å²) in [6, 6.07) is 17.0. The number of phenols is 1. The van der Waals surface area contributed by atoms with Gasteiger partial charge in [-0.05, 0) is 17.7 Å². The van der Waals surface area contributed by atoms with Crippen LogP contribution in [0, 0.1) is 0 Å². The molecule has 1 unspecified atom stereocenters. The van der Waals surface area contributed by atoms with Gasteiger partial charge in [-0.15, -0.1) is 0 Å². The van der Waals surface area contributed by atoms with Crippen LogP contribution in [0.5, 0.6) is 11.5 Å². The summed E-state index contributed by atoms with van der Waals surface area (Å²) >= 11 is 0. The molecule has 18 heavy (non-hydrogen) atoms. The third kappa shape index (κ3) is 3.02. The number of nitrogens with two attached hydrogens (primary N) is 1. The summed E-state index contributed by atoms with van der Waals surface area (Å²) in [4.78, 5) is 0. The van der Waals surface area contributed by atoms with Gasteiger partial charge in [0.25, 0.3) is 0 Å². The Hall–Kier alpha value is -2.00. The van der Waals surface area contributed by atoms with E-state index in [1.165, 1.54) is 0 Å². The van der Waals surface area contributed by atoms with Gasteiger partial charge in [0.1, 0.15) is 0 Å². The van der Waals surface area contributed by atoms with E-state index in [0.29, 0.717) is 18.9 Å². The number of rotatable bonds is 5. The summed E-state index contributed by atoms with van der Waals surface area (Å²) in [6.45, 7) is 0.968. The first-order valence-electron chi connectivity index (χ1n) is 5.97. The van der Waals surface area contributed by atoms with E-state index in [9.17, 15) is 5.11 Å². The molecule has 0 radical (unpaired) electrons. The Morgan fingerprint density at radius 3 is 2.33 bits per heavy atom. The molecule has 0 heterocycles. The lowest BCUT2D eigenvalue weighted by Gasteiger charge is -2.16. The summed E-state index contributed by atoms with van der Waals surface area (Å²) in [5.74, 6) is 0.777. The van der Waals surface area contributed by atoms with E-state index in [1.807, 2.05) is 36.4 Å². The summed E-state index contributed by atoms with van der Waals surface area (Å²) in [5, 5.41) is 9.61. The largest absolute Gasteiger partial charge is 0.504 e. The second-order valence-electron chi connectivity index (χ2n) is 4.12. The van der Waals surface area contributed by atoms with Gasteiger partial charge in [0, 0.05) is 12.5 Å². The van der Waals surface area contributed by atoms with Crippen LogP contribution in [0.25, 0.3) is 0 Å². The van der Waals surface area contributed by atoms with Crippen LogP contribution in [-0.2, 0) is 0 Å². The fourth-order valence-corrected chi connectivity index (χ4v) is 1.80. The standard InChI is InChI=1S/C15H17NO2/c16-10-13(12-6-2-1-3-7-12)11-18-15-9-5-4-8-14(15)17/h1-9,13,17H,10-11,16H2. The number of hydrogen-bond acceptors (Lipinski definition) is 3. The molecule has 0 bridgehead atoms. The minimum Gasteiger partial charge on any atom is -0.504 e. The third-order valence-electron chi connectivity index (χ3n) is 2.86. The zero-order valence-electron chi connectivity index (χ0n) is 10.1. The average molecular weight is 243 g/mol. The van der Waals surface area contributed by atoms with Crippen LogP contribution in [0.3, 0.4) is 0 Å². The molecule has 3 nitrogen and oxygen atoms in total. The lowest BCUT2D eigenvalue weighted by atomic mass is 10.0. The quantitative estimate of drug-likeness (QED) is 0.848. The van der Waals surface area contributed by atoms with Crippen molar-refractivity contribution in [3.05, 3.63) is 60.2 Å². The van der Waals surface area contributed by atoms with Crippen LogP contribution in [-0.4, -0.2) is 18.3 Å². The molecule has 0 aromatic heterocycles. The zero-order valence-corrected chi connectivity index (χ0v) is 10.1. The van der Waals surface area contributed by atoms with Crippen molar-refractivity contribution in [3.63, 3.8) is 0 Å². The Kier molecular flexibility index (Phi) is 4.20. The molecule has 3 heteroatoms. The van der Waals surface area contributed by atoms with Crippen molar-refractivity contribution in [1.82, 2.24) is 0 Å². The van der Waals surface area contributed by atoms with E-state index in [2.05, 4.69) is 0 Å². The number of ether oxygens (including phenoxy) is 1. The Bertz CT molecular complexity index is 485. The van der Waals surface area contributed by atoms with Crippen molar-refractivity contribution in [2.75, 3.05) is 13.2 Å². The van der Waals surface area contributed by atoms with E-state index in [1.54, 1.807) is 18.2 Å². The van der Waals surface area contributed by atoms with Gasteiger partial charge in [-0.3, -0.25) is 0 Å². The highest BCUT2D eigenvalue weighted by atomic mass is 16.5. The van der Waals surface area contributed by atoms with Crippen molar-refractivity contribution in [2.45, 2.75) is 5.92 Å². The lowest BCUT2D eigenvalue weighted by Crippen LogP contribution is -2.19. The minimum atomic E-state index is 0.130. The van der Waals surface area contributed by atoms with E-state index >= 15 is 0 Å². The maximum atomic E-state index is 9.61. The molecule has 0 aliphatic rings. The van der Waals surface area contributed by atoms with Crippen molar-refractivity contribution in [2.24, 2.45) is 5.73 Å². The Morgan fingerprint density at radius 2 is 1.67 bits per heavy atom. The van der Waals surface area contributed by atoms with Gasteiger partial charge in [0.2, 0.25) is 0 Å². The molecule has 1 atom stereocenters. The first-order chi connectivity index (χ1) is 8.81. The van der Waals surface area contributed by atoms with E-state index in [-0.39, 0.29) is 11.7 Å². The van der Waals surface area contributed by atoms with Gasteiger partial charge >= 0.3 is 0 Å². The van der Waals surface area contributed by atoms with Crippen LogP contribution < -0.4 is 10.5 Å². The van der Waals surface area contributed by atoms with Gasteiger partial charge in [-0.2, -0.15) is 0 Å². The fraction of sp³-hybridized carbons (Fsp3) is 0.200. The fourth-order valence-electron chi connectivity index (χ4n) is 1.80. The van der Waals surface area contributed by atoms with Gasteiger partial charge < -0.3 is 15.6 Å². The minimum absolute atomic E-state index is 0.130. The Morgan fingerprint density at radius 1 is 1.00 bits per heavy atom. The Balaban J connectivity index is 2.02. The third-order valence-corrected chi connectivity index (χ3v) is 2.86. The number of para-hydroxylation sites is 2. The molecule has 0 aliphatic heterocycles. The monoisotopic (exact) mass is 243 g/mol. The second-order valence-corrected chi connectivity index (χ2v) is 4.12. The molecular weight excluding hydrogens is 226 g/mol. The normalized spacial score (nSPS) is 12.1. The SMILES string of the molecule is NCC(COc1ccccc1O)c1ccccc1. The second kappa shape index (κ2) is 6.07. The molecule has 94 valence electrons. The molecule has 2 aromatic carbocycles. The van der Waals surface area contributed by atoms with Crippen LogP contribution in [0.15, 0.2) is 54.6 Å². The molecule has 0 fully saturated rings. The van der Waals surface area contributed by atoms with Crippen LogP contribution in [0.4, 0.5) is 0 Å². The summed E-state index contributed by atoms with van der Waals surface area (Å²) < 4.78 is 5.61. The number of aromatic hydroxyl groups is 1. The maximum absolute atomic E-state index is 9.61. The van der Waals surface area contributed by atoms with Gasteiger partial charge in [0.15, 0.2) is 11.5 Å². The smallest absolute Gasteiger partial charge is 0.160 e. The topological polar surface area (TPSA) is 55.5 Å². The summed E-state index contributed by atoms with van der Waals surface area (Å²) in [7, 11) is 0. The number of benzene rings is 2. The van der Waals surface area contributed by atoms with E-state index in [4.69, 9.17) is 10.5 Å². The summed E-state index contributed by atoms with van der Waals surface area (Å²) in [6.07, 6.45) is 0. The van der Waals surface area contributed by atoms with Gasteiger partial charge in [-0.1, -0.05) is 42.5 Å². The molecule has 0 saturated heterocycles. The average Bonchev–Trinajstić information content (AvgIpc) is 2.42. The molecule has 2 aromatic rings. The van der Waals surface area contributed by atoms with Crippen LogP contribution in [0.1, 0.15) is 11.5 Å². The van der Waals surface area contributed by atoms with Crippen molar-refractivity contribution in [1.29, 1.82) is 0 Å². The molecule has 0 spiro atoms. The molecule has 0 saturated carbocycles. The molecule has 3 N–H and O–H groups in total. The number of phenolic OH excluding ortho intramolecular Hbond substituents is 1. The van der Waals surface area contributed by atoms with E-state index < -0.39 is 0 Å². The predicted molar refractivity (Wildman–Crippen MR) is 71.8 cm³/mol. The Labute approximate surface area is 107 Å². The highest BCUT2D eigenvalue weighted by Gasteiger charge is 2.11. The molecule has 2 rings (SSSR count).